The first-order chi connectivity index (χ1) is 11.0. The van der Waals surface area contributed by atoms with Crippen LogP contribution >= 0.6 is 11.3 Å². The third kappa shape index (κ3) is 2.59. The Morgan fingerprint density at radius 1 is 1.43 bits per heavy atom. The van der Waals surface area contributed by atoms with Crippen molar-refractivity contribution in [2.24, 2.45) is 0 Å². The molecule has 0 aliphatic heterocycles. The normalized spacial score (nSPS) is 12.3. The fraction of sp³-hybridized carbons (Fsp3) is 0.188. The Balaban J connectivity index is 2.25. The second-order valence-electron chi connectivity index (χ2n) is 5.03. The van der Waals surface area contributed by atoms with Crippen molar-refractivity contribution in [2.75, 3.05) is 7.11 Å². The van der Waals surface area contributed by atoms with Crippen molar-refractivity contribution in [1.82, 2.24) is 9.55 Å². The van der Waals surface area contributed by atoms with E-state index >= 15 is 0 Å². The second kappa shape index (κ2) is 5.85. The molecule has 1 aromatic carbocycles. The Labute approximate surface area is 135 Å². The molecule has 0 aliphatic carbocycles. The molecular formula is C16H14N2O4S. The van der Waals surface area contributed by atoms with E-state index in [2.05, 4.69) is 4.98 Å². The molecule has 0 amide bonds. The molecule has 2 heterocycles. The van der Waals surface area contributed by atoms with Gasteiger partial charge < -0.3 is 9.84 Å². The van der Waals surface area contributed by atoms with E-state index in [4.69, 9.17) is 9.84 Å². The standard InChI is InChI=1S/C16H14N2O4S/c1-9(16(20)21)18-8-17-14-13(15(18)19)12(7-23-14)10-4-3-5-11(6-10)22-2/h3-9H,1-2H3,(H,20,21). The highest BCUT2D eigenvalue weighted by Crippen LogP contribution is 2.32. The van der Waals surface area contributed by atoms with Gasteiger partial charge in [0.25, 0.3) is 5.56 Å². The molecule has 0 aliphatic rings. The fourth-order valence-corrected chi connectivity index (χ4v) is 3.25. The van der Waals surface area contributed by atoms with Gasteiger partial charge in [0.15, 0.2) is 0 Å². The zero-order valence-corrected chi connectivity index (χ0v) is 13.3. The zero-order chi connectivity index (χ0) is 16.6. The number of aliphatic carboxylic acids is 1. The van der Waals surface area contributed by atoms with E-state index in [-0.39, 0.29) is 5.56 Å². The van der Waals surface area contributed by atoms with Gasteiger partial charge in [0.2, 0.25) is 0 Å². The van der Waals surface area contributed by atoms with Crippen LogP contribution in [0.4, 0.5) is 0 Å². The zero-order valence-electron chi connectivity index (χ0n) is 12.5. The molecule has 6 nitrogen and oxygen atoms in total. The van der Waals surface area contributed by atoms with Gasteiger partial charge in [-0.2, -0.15) is 0 Å². The number of nitrogens with zero attached hydrogens (tertiary/aromatic N) is 2. The van der Waals surface area contributed by atoms with Crippen molar-refractivity contribution in [1.29, 1.82) is 0 Å². The minimum Gasteiger partial charge on any atom is -0.497 e. The Bertz CT molecular complexity index is 945. The molecule has 1 unspecified atom stereocenters. The van der Waals surface area contributed by atoms with Crippen LogP contribution in [-0.4, -0.2) is 27.7 Å². The predicted molar refractivity (Wildman–Crippen MR) is 88.2 cm³/mol. The van der Waals surface area contributed by atoms with Crippen LogP contribution in [0.25, 0.3) is 21.3 Å². The van der Waals surface area contributed by atoms with Gasteiger partial charge in [-0.25, -0.2) is 9.78 Å². The van der Waals surface area contributed by atoms with Crippen molar-refractivity contribution >= 4 is 27.5 Å². The molecule has 7 heteroatoms. The Hall–Kier alpha value is -2.67. The van der Waals surface area contributed by atoms with E-state index < -0.39 is 12.0 Å². The monoisotopic (exact) mass is 330 g/mol. The summed E-state index contributed by atoms with van der Waals surface area (Å²) in [5, 5.41) is 11.4. The Kier molecular flexibility index (Phi) is 3.87. The van der Waals surface area contributed by atoms with Crippen LogP contribution in [0.1, 0.15) is 13.0 Å². The van der Waals surface area contributed by atoms with E-state index in [0.717, 1.165) is 15.7 Å². The van der Waals surface area contributed by atoms with Crippen molar-refractivity contribution < 1.29 is 14.6 Å². The molecule has 0 radical (unpaired) electrons. The summed E-state index contributed by atoms with van der Waals surface area (Å²) >= 11 is 1.35. The van der Waals surface area contributed by atoms with Crippen LogP contribution in [0, 0.1) is 0 Å². The number of carboxylic acids is 1. The first kappa shape index (κ1) is 15.2. The van der Waals surface area contributed by atoms with Gasteiger partial charge >= 0.3 is 5.97 Å². The summed E-state index contributed by atoms with van der Waals surface area (Å²) < 4.78 is 6.36. The third-order valence-electron chi connectivity index (χ3n) is 3.67. The summed E-state index contributed by atoms with van der Waals surface area (Å²) in [6, 6.07) is 6.39. The topological polar surface area (TPSA) is 81.4 Å². The minimum absolute atomic E-state index is 0.357. The van der Waals surface area contributed by atoms with Gasteiger partial charge in [-0.1, -0.05) is 12.1 Å². The highest BCUT2D eigenvalue weighted by atomic mass is 32.1. The molecule has 23 heavy (non-hydrogen) atoms. The lowest BCUT2D eigenvalue weighted by molar-refractivity contribution is -0.140. The molecule has 0 fully saturated rings. The average molecular weight is 330 g/mol. The van der Waals surface area contributed by atoms with Crippen LogP contribution in [0.2, 0.25) is 0 Å². The van der Waals surface area contributed by atoms with E-state index in [0.29, 0.717) is 16.0 Å². The van der Waals surface area contributed by atoms with Crippen LogP contribution < -0.4 is 10.3 Å². The number of hydrogen-bond acceptors (Lipinski definition) is 5. The summed E-state index contributed by atoms with van der Waals surface area (Å²) in [6.07, 6.45) is 1.29. The number of benzene rings is 1. The van der Waals surface area contributed by atoms with Gasteiger partial charge in [0.05, 0.1) is 18.8 Å². The number of methoxy groups -OCH3 is 1. The molecule has 118 valence electrons. The van der Waals surface area contributed by atoms with Crippen molar-refractivity contribution in [3.05, 3.63) is 46.3 Å². The second-order valence-corrected chi connectivity index (χ2v) is 5.89. The van der Waals surface area contributed by atoms with Crippen molar-refractivity contribution in [2.45, 2.75) is 13.0 Å². The SMILES string of the molecule is COc1cccc(-c2csc3ncn(C(C)C(=O)O)c(=O)c23)c1. The summed E-state index contributed by atoms with van der Waals surface area (Å²) in [4.78, 5) is 28.7. The number of ether oxygens (including phenoxy) is 1. The molecule has 0 saturated carbocycles. The number of thiophene rings is 1. The van der Waals surface area contributed by atoms with Gasteiger partial charge in [-0.05, 0) is 24.6 Å². The van der Waals surface area contributed by atoms with Crippen LogP contribution in [0.3, 0.4) is 0 Å². The predicted octanol–water partition coefficient (Wildman–Crippen LogP) is 2.78. The van der Waals surface area contributed by atoms with Gasteiger partial charge in [0.1, 0.15) is 16.6 Å². The van der Waals surface area contributed by atoms with Gasteiger partial charge in [-0.15, -0.1) is 11.3 Å². The molecule has 3 rings (SSSR count). The summed E-state index contributed by atoms with van der Waals surface area (Å²) in [6.45, 7) is 1.45. The number of rotatable bonds is 4. The summed E-state index contributed by atoms with van der Waals surface area (Å²) in [5.74, 6) is -0.392. The van der Waals surface area contributed by atoms with Crippen molar-refractivity contribution in [3.8, 4) is 16.9 Å². The molecule has 3 aromatic rings. The Morgan fingerprint density at radius 2 is 2.22 bits per heavy atom. The first-order valence-electron chi connectivity index (χ1n) is 6.88. The molecule has 2 aromatic heterocycles. The van der Waals surface area contributed by atoms with Crippen molar-refractivity contribution in [3.63, 3.8) is 0 Å². The molecule has 0 spiro atoms. The van der Waals surface area contributed by atoms with Crippen LogP contribution in [0.15, 0.2) is 40.8 Å². The largest absolute Gasteiger partial charge is 0.497 e. The van der Waals surface area contributed by atoms with E-state index in [1.54, 1.807) is 7.11 Å². The Morgan fingerprint density at radius 3 is 2.91 bits per heavy atom. The number of fused-ring (bicyclic) bond motifs is 1. The molecule has 1 N–H and O–H groups in total. The third-order valence-corrected chi connectivity index (χ3v) is 4.56. The lowest BCUT2D eigenvalue weighted by atomic mass is 10.1. The van der Waals surface area contributed by atoms with E-state index in [1.807, 2.05) is 29.6 Å². The molecule has 0 bridgehead atoms. The summed E-state index contributed by atoms with van der Waals surface area (Å²) in [5.41, 5.74) is 1.20. The number of carbonyl (C=O) groups is 1. The number of hydrogen-bond donors (Lipinski definition) is 1. The molecule has 1 atom stereocenters. The van der Waals surface area contributed by atoms with E-state index in [9.17, 15) is 9.59 Å². The maximum Gasteiger partial charge on any atom is 0.326 e. The quantitative estimate of drug-likeness (QED) is 0.795. The molecule has 0 saturated heterocycles. The summed E-state index contributed by atoms with van der Waals surface area (Å²) in [7, 11) is 1.58. The maximum absolute atomic E-state index is 12.7. The van der Waals surface area contributed by atoms with Gasteiger partial charge in [-0.3, -0.25) is 9.36 Å². The number of aromatic nitrogens is 2. The minimum atomic E-state index is -1.08. The fourth-order valence-electron chi connectivity index (χ4n) is 2.34. The van der Waals surface area contributed by atoms with Crippen LogP contribution in [-0.2, 0) is 4.79 Å². The lowest BCUT2D eigenvalue weighted by Crippen LogP contribution is -2.28. The average Bonchev–Trinajstić information content (AvgIpc) is 2.99. The highest BCUT2D eigenvalue weighted by molar-refractivity contribution is 7.17. The van der Waals surface area contributed by atoms with Crippen LogP contribution in [0.5, 0.6) is 5.75 Å². The lowest BCUT2D eigenvalue weighted by Gasteiger charge is -2.10. The molecular weight excluding hydrogens is 316 g/mol. The first-order valence-corrected chi connectivity index (χ1v) is 7.76. The van der Waals surface area contributed by atoms with Gasteiger partial charge in [0, 0.05) is 10.9 Å². The smallest absolute Gasteiger partial charge is 0.326 e. The number of carboxylic acid groups (broad SMARTS) is 1. The van der Waals surface area contributed by atoms with E-state index in [1.165, 1.54) is 24.6 Å². The highest BCUT2D eigenvalue weighted by Gasteiger charge is 2.19. The maximum atomic E-state index is 12.7.